The Labute approximate surface area is 135 Å². The third-order valence-corrected chi connectivity index (χ3v) is 3.39. The van der Waals surface area contributed by atoms with Crippen molar-refractivity contribution >= 4 is 11.8 Å². The fourth-order valence-electron chi connectivity index (χ4n) is 2.16. The molecule has 5 nitrogen and oxygen atoms in total. The first-order chi connectivity index (χ1) is 11.0. The molecule has 0 saturated heterocycles. The maximum absolute atomic E-state index is 12.0. The van der Waals surface area contributed by atoms with Crippen LogP contribution in [0, 0.1) is 20.8 Å². The molecule has 2 amide bonds. The van der Waals surface area contributed by atoms with E-state index in [2.05, 4.69) is 10.9 Å². The van der Waals surface area contributed by atoms with Crippen LogP contribution in [0.25, 0.3) is 0 Å². The first-order valence-electron chi connectivity index (χ1n) is 7.32. The van der Waals surface area contributed by atoms with Crippen molar-refractivity contribution in [3.8, 4) is 5.75 Å². The van der Waals surface area contributed by atoms with Crippen LogP contribution in [0.1, 0.15) is 27.0 Å². The molecule has 2 N–H and O–H groups in total. The molecule has 0 unspecified atom stereocenters. The third kappa shape index (κ3) is 4.57. The van der Waals surface area contributed by atoms with Gasteiger partial charge in [-0.25, -0.2) is 0 Å². The van der Waals surface area contributed by atoms with Crippen LogP contribution in [-0.4, -0.2) is 18.4 Å². The van der Waals surface area contributed by atoms with E-state index in [9.17, 15) is 9.59 Å². The van der Waals surface area contributed by atoms with Crippen molar-refractivity contribution in [2.75, 3.05) is 6.61 Å². The quantitative estimate of drug-likeness (QED) is 0.852. The van der Waals surface area contributed by atoms with Gasteiger partial charge in [-0.2, -0.15) is 0 Å². The Bertz CT molecular complexity index is 726. The van der Waals surface area contributed by atoms with Crippen LogP contribution in [0.4, 0.5) is 0 Å². The number of amides is 2. The van der Waals surface area contributed by atoms with Gasteiger partial charge in [0.25, 0.3) is 11.8 Å². The van der Waals surface area contributed by atoms with Crippen molar-refractivity contribution in [2.24, 2.45) is 0 Å². The van der Waals surface area contributed by atoms with Gasteiger partial charge in [0.05, 0.1) is 0 Å². The highest BCUT2D eigenvalue weighted by atomic mass is 16.5. The Hall–Kier alpha value is -2.82. The zero-order chi connectivity index (χ0) is 16.8. The van der Waals surface area contributed by atoms with E-state index in [1.807, 2.05) is 51.1 Å². The molecule has 0 atom stereocenters. The van der Waals surface area contributed by atoms with Gasteiger partial charge < -0.3 is 4.74 Å². The summed E-state index contributed by atoms with van der Waals surface area (Å²) in [5.74, 6) is -0.133. The van der Waals surface area contributed by atoms with Crippen molar-refractivity contribution in [1.82, 2.24) is 10.9 Å². The van der Waals surface area contributed by atoms with Gasteiger partial charge in [-0.3, -0.25) is 20.4 Å². The van der Waals surface area contributed by atoms with Crippen molar-refractivity contribution in [3.63, 3.8) is 0 Å². The summed E-state index contributed by atoms with van der Waals surface area (Å²) >= 11 is 0. The maximum Gasteiger partial charge on any atom is 0.276 e. The molecule has 0 aliphatic rings. The van der Waals surface area contributed by atoms with Gasteiger partial charge in [0.1, 0.15) is 5.75 Å². The second kappa shape index (κ2) is 7.45. The van der Waals surface area contributed by atoms with Crippen LogP contribution in [-0.2, 0) is 4.79 Å². The van der Waals surface area contributed by atoms with Crippen LogP contribution >= 0.6 is 0 Å². The Morgan fingerprint density at radius 2 is 1.70 bits per heavy atom. The molecule has 0 aliphatic heterocycles. The van der Waals surface area contributed by atoms with Gasteiger partial charge >= 0.3 is 0 Å². The van der Waals surface area contributed by atoms with Crippen LogP contribution < -0.4 is 15.6 Å². The highest BCUT2D eigenvalue weighted by Gasteiger charge is 2.10. The summed E-state index contributed by atoms with van der Waals surface area (Å²) in [5.41, 5.74) is 8.17. The van der Waals surface area contributed by atoms with Crippen LogP contribution in [0.2, 0.25) is 0 Å². The minimum absolute atomic E-state index is 0.169. The minimum Gasteiger partial charge on any atom is -0.483 e. The SMILES string of the molecule is Cc1ccc(OCC(=O)NNC(=O)c2ccccc2C)c(C)c1. The maximum atomic E-state index is 12.0. The summed E-state index contributed by atoms with van der Waals surface area (Å²) in [6.07, 6.45) is 0. The average Bonchev–Trinajstić information content (AvgIpc) is 2.52. The summed E-state index contributed by atoms with van der Waals surface area (Å²) in [4.78, 5) is 23.7. The predicted octanol–water partition coefficient (Wildman–Crippen LogP) is 2.45. The number of nitrogens with one attached hydrogen (secondary N) is 2. The summed E-state index contributed by atoms with van der Waals surface area (Å²) in [7, 11) is 0. The molecule has 0 spiro atoms. The van der Waals surface area contributed by atoms with Crippen LogP contribution in [0.15, 0.2) is 42.5 Å². The zero-order valence-electron chi connectivity index (χ0n) is 13.5. The summed E-state index contributed by atoms with van der Waals surface area (Å²) in [6, 6.07) is 12.9. The zero-order valence-corrected chi connectivity index (χ0v) is 13.5. The lowest BCUT2D eigenvalue weighted by Crippen LogP contribution is -2.44. The lowest BCUT2D eigenvalue weighted by atomic mass is 10.1. The van der Waals surface area contributed by atoms with E-state index >= 15 is 0 Å². The van der Waals surface area contributed by atoms with Gasteiger partial charge in [-0.1, -0.05) is 35.9 Å². The van der Waals surface area contributed by atoms with Gasteiger partial charge in [0.2, 0.25) is 0 Å². The Balaban J connectivity index is 1.83. The molecule has 0 aromatic heterocycles. The normalized spacial score (nSPS) is 10.0. The van der Waals surface area contributed by atoms with Gasteiger partial charge in [0, 0.05) is 5.56 Å². The fourth-order valence-corrected chi connectivity index (χ4v) is 2.16. The molecule has 0 radical (unpaired) electrons. The molecular formula is C18H20N2O3. The second-order valence-electron chi connectivity index (χ2n) is 5.37. The van der Waals surface area contributed by atoms with E-state index in [0.29, 0.717) is 11.3 Å². The van der Waals surface area contributed by atoms with E-state index in [-0.39, 0.29) is 12.5 Å². The molecule has 0 aliphatic carbocycles. The first-order valence-corrected chi connectivity index (χ1v) is 7.32. The number of hydrogen-bond donors (Lipinski definition) is 2. The summed E-state index contributed by atoms with van der Waals surface area (Å²) in [5, 5.41) is 0. The van der Waals surface area contributed by atoms with Crippen molar-refractivity contribution < 1.29 is 14.3 Å². The number of hydrogen-bond acceptors (Lipinski definition) is 3. The van der Waals surface area contributed by atoms with Crippen molar-refractivity contribution in [1.29, 1.82) is 0 Å². The Morgan fingerprint density at radius 3 is 2.39 bits per heavy atom. The summed E-state index contributed by atoms with van der Waals surface area (Å²) < 4.78 is 5.45. The number of carbonyl (C=O) groups is 2. The summed E-state index contributed by atoms with van der Waals surface area (Å²) in [6.45, 7) is 5.57. The number of hydrazine groups is 1. The molecule has 23 heavy (non-hydrogen) atoms. The molecular weight excluding hydrogens is 292 g/mol. The molecule has 0 saturated carbocycles. The highest BCUT2D eigenvalue weighted by molar-refractivity contribution is 5.96. The standard InChI is InChI=1S/C18H20N2O3/c1-12-8-9-16(14(3)10-12)23-11-17(21)19-20-18(22)15-7-5-4-6-13(15)2/h4-10H,11H2,1-3H3,(H,19,21)(H,20,22). The Morgan fingerprint density at radius 1 is 0.957 bits per heavy atom. The molecule has 120 valence electrons. The molecule has 0 heterocycles. The van der Waals surface area contributed by atoms with E-state index in [4.69, 9.17) is 4.74 Å². The van der Waals surface area contributed by atoms with Crippen LogP contribution in [0.3, 0.4) is 0 Å². The molecule has 2 aromatic rings. The van der Waals surface area contributed by atoms with Gasteiger partial charge in [0.15, 0.2) is 6.61 Å². The van der Waals surface area contributed by atoms with E-state index in [1.54, 1.807) is 12.1 Å². The van der Waals surface area contributed by atoms with Crippen molar-refractivity contribution in [3.05, 3.63) is 64.7 Å². The molecule has 0 bridgehead atoms. The molecule has 5 heteroatoms. The number of aryl methyl sites for hydroxylation is 3. The van der Waals surface area contributed by atoms with Crippen molar-refractivity contribution in [2.45, 2.75) is 20.8 Å². The molecule has 2 rings (SSSR count). The third-order valence-electron chi connectivity index (χ3n) is 3.39. The highest BCUT2D eigenvalue weighted by Crippen LogP contribution is 2.18. The van der Waals surface area contributed by atoms with E-state index < -0.39 is 5.91 Å². The number of ether oxygens (including phenoxy) is 1. The van der Waals surface area contributed by atoms with Gasteiger partial charge in [-0.15, -0.1) is 0 Å². The first kappa shape index (κ1) is 16.5. The van der Waals surface area contributed by atoms with Crippen LogP contribution in [0.5, 0.6) is 5.75 Å². The number of rotatable bonds is 4. The second-order valence-corrected chi connectivity index (χ2v) is 5.37. The predicted molar refractivity (Wildman–Crippen MR) is 88.2 cm³/mol. The largest absolute Gasteiger partial charge is 0.483 e. The number of benzene rings is 2. The lowest BCUT2D eigenvalue weighted by Gasteiger charge is -2.11. The fraction of sp³-hybridized carbons (Fsp3) is 0.222. The Kier molecular flexibility index (Phi) is 5.36. The minimum atomic E-state index is -0.424. The molecule has 2 aromatic carbocycles. The number of carbonyl (C=O) groups excluding carboxylic acids is 2. The van der Waals surface area contributed by atoms with E-state index in [0.717, 1.165) is 16.7 Å². The topological polar surface area (TPSA) is 67.4 Å². The van der Waals surface area contributed by atoms with E-state index in [1.165, 1.54) is 0 Å². The lowest BCUT2D eigenvalue weighted by molar-refractivity contribution is -0.123. The monoisotopic (exact) mass is 312 g/mol. The smallest absolute Gasteiger partial charge is 0.276 e. The average molecular weight is 312 g/mol. The van der Waals surface area contributed by atoms with Gasteiger partial charge in [-0.05, 0) is 44.0 Å². The molecule has 0 fully saturated rings.